The van der Waals surface area contributed by atoms with Gasteiger partial charge in [0.05, 0.1) is 0 Å². The van der Waals surface area contributed by atoms with E-state index in [1.807, 2.05) is 12.1 Å². The molecule has 2 N–H and O–H groups in total. The summed E-state index contributed by atoms with van der Waals surface area (Å²) in [6, 6.07) is 7.34. The van der Waals surface area contributed by atoms with Crippen LogP contribution in [0.2, 0.25) is 0 Å². The van der Waals surface area contributed by atoms with Gasteiger partial charge in [0.2, 0.25) is 0 Å². The molecule has 0 unspecified atom stereocenters. The summed E-state index contributed by atoms with van der Waals surface area (Å²) >= 11 is 0. The van der Waals surface area contributed by atoms with Gasteiger partial charge in [-0.15, -0.1) is 0 Å². The highest BCUT2D eigenvalue weighted by Gasteiger charge is 2.20. The van der Waals surface area contributed by atoms with Gasteiger partial charge in [-0.25, -0.2) is 0 Å². The number of benzene rings is 1. The minimum Gasteiger partial charge on any atom is -0.337 e. The van der Waals surface area contributed by atoms with Gasteiger partial charge in [-0.1, -0.05) is 12.1 Å². The normalized spacial score (nSPS) is 17.1. The van der Waals surface area contributed by atoms with Crippen molar-refractivity contribution in [1.82, 2.24) is 4.90 Å². The minimum absolute atomic E-state index is 0.0188. The van der Waals surface area contributed by atoms with Gasteiger partial charge in [0.1, 0.15) is 0 Å². The Balaban J connectivity index is 2.05. The number of nitrogens with zero attached hydrogens (tertiary/aromatic N) is 1. The van der Waals surface area contributed by atoms with Crippen molar-refractivity contribution in [2.24, 2.45) is 5.73 Å². The molecule has 2 rings (SSSR count). The van der Waals surface area contributed by atoms with E-state index < -0.39 is 10.8 Å². The van der Waals surface area contributed by atoms with E-state index in [1.54, 1.807) is 17.0 Å². The maximum absolute atomic E-state index is 12.1. The standard InChI is InChI=1S/C12H16N2O2S/c13-9-10-1-3-11(4-2-10)12(15)14-5-7-17(16)8-6-14/h1-4H,5-9,13H2. The summed E-state index contributed by atoms with van der Waals surface area (Å²) in [6.07, 6.45) is 0. The summed E-state index contributed by atoms with van der Waals surface area (Å²) in [6.45, 7) is 1.66. The summed E-state index contributed by atoms with van der Waals surface area (Å²) < 4.78 is 11.2. The molecule has 1 fully saturated rings. The fourth-order valence-corrected chi connectivity index (χ4v) is 2.86. The number of rotatable bonds is 2. The van der Waals surface area contributed by atoms with Crippen LogP contribution in [0.15, 0.2) is 24.3 Å². The average molecular weight is 252 g/mol. The van der Waals surface area contributed by atoms with Crippen LogP contribution in [0.25, 0.3) is 0 Å². The van der Waals surface area contributed by atoms with E-state index >= 15 is 0 Å². The zero-order chi connectivity index (χ0) is 12.3. The van der Waals surface area contributed by atoms with Gasteiger partial charge in [-0.3, -0.25) is 9.00 Å². The van der Waals surface area contributed by atoms with Crippen LogP contribution in [-0.2, 0) is 17.3 Å². The maximum atomic E-state index is 12.1. The van der Waals surface area contributed by atoms with Gasteiger partial charge in [0, 0.05) is 47.5 Å². The highest BCUT2D eigenvalue weighted by molar-refractivity contribution is 7.85. The average Bonchev–Trinajstić information content (AvgIpc) is 2.39. The second kappa shape index (κ2) is 5.42. The fourth-order valence-electron chi connectivity index (χ4n) is 1.81. The van der Waals surface area contributed by atoms with Gasteiger partial charge in [0.15, 0.2) is 0 Å². The molecule has 92 valence electrons. The van der Waals surface area contributed by atoms with E-state index in [2.05, 4.69) is 0 Å². The first-order valence-corrected chi connectivity index (χ1v) is 7.13. The Morgan fingerprint density at radius 2 is 1.82 bits per heavy atom. The molecule has 1 amide bonds. The highest BCUT2D eigenvalue weighted by Crippen LogP contribution is 2.09. The molecule has 5 heteroatoms. The molecule has 1 aliphatic heterocycles. The number of nitrogens with two attached hydrogens (primary N) is 1. The molecule has 0 radical (unpaired) electrons. The first-order chi connectivity index (χ1) is 8.20. The smallest absolute Gasteiger partial charge is 0.253 e. The third kappa shape index (κ3) is 2.92. The minimum atomic E-state index is -0.749. The van der Waals surface area contributed by atoms with Crippen LogP contribution in [-0.4, -0.2) is 39.6 Å². The lowest BCUT2D eigenvalue weighted by atomic mass is 10.1. The van der Waals surface area contributed by atoms with Crippen LogP contribution in [0.5, 0.6) is 0 Å². The number of amides is 1. The summed E-state index contributed by atoms with van der Waals surface area (Å²) in [5, 5.41) is 0. The Labute approximate surface area is 103 Å². The molecule has 0 bridgehead atoms. The molecule has 0 aliphatic carbocycles. The zero-order valence-electron chi connectivity index (χ0n) is 9.59. The van der Waals surface area contributed by atoms with Gasteiger partial charge < -0.3 is 10.6 Å². The number of hydrogen-bond acceptors (Lipinski definition) is 3. The topological polar surface area (TPSA) is 63.4 Å². The quantitative estimate of drug-likeness (QED) is 0.826. The lowest BCUT2D eigenvalue weighted by Crippen LogP contribution is -2.41. The van der Waals surface area contributed by atoms with Crippen molar-refractivity contribution in [2.75, 3.05) is 24.6 Å². The summed E-state index contributed by atoms with van der Waals surface area (Å²) in [4.78, 5) is 13.9. The van der Waals surface area contributed by atoms with E-state index in [0.29, 0.717) is 36.7 Å². The van der Waals surface area contributed by atoms with Gasteiger partial charge in [-0.05, 0) is 17.7 Å². The molecule has 1 aliphatic rings. The van der Waals surface area contributed by atoms with E-state index in [-0.39, 0.29) is 5.91 Å². The van der Waals surface area contributed by atoms with Crippen LogP contribution >= 0.6 is 0 Å². The molecule has 1 aromatic carbocycles. The fraction of sp³-hybridized carbons (Fsp3) is 0.417. The Morgan fingerprint density at radius 3 is 2.35 bits per heavy atom. The molecule has 0 spiro atoms. The molecule has 0 atom stereocenters. The summed E-state index contributed by atoms with van der Waals surface area (Å²) in [7, 11) is -0.749. The molecule has 0 saturated carbocycles. The van der Waals surface area contributed by atoms with Crippen LogP contribution < -0.4 is 5.73 Å². The SMILES string of the molecule is NCc1ccc(C(=O)N2CCS(=O)CC2)cc1. The number of carbonyl (C=O) groups is 1. The van der Waals surface area contributed by atoms with Crippen LogP contribution in [0.3, 0.4) is 0 Å². The van der Waals surface area contributed by atoms with Crippen molar-refractivity contribution in [3.63, 3.8) is 0 Å². The molecular weight excluding hydrogens is 236 g/mol. The summed E-state index contributed by atoms with van der Waals surface area (Å²) in [5.41, 5.74) is 7.20. The molecular formula is C12H16N2O2S. The third-order valence-corrected chi connectivity index (χ3v) is 4.18. The lowest BCUT2D eigenvalue weighted by molar-refractivity contribution is 0.0771. The predicted octanol–water partition coefficient (Wildman–Crippen LogP) is 0.350. The van der Waals surface area contributed by atoms with Crippen molar-refractivity contribution < 1.29 is 9.00 Å². The van der Waals surface area contributed by atoms with Gasteiger partial charge >= 0.3 is 0 Å². The Hall–Kier alpha value is -1.20. The molecule has 4 nitrogen and oxygen atoms in total. The molecule has 1 saturated heterocycles. The number of carbonyl (C=O) groups excluding carboxylic acids is 1. The van der Waals surface area contributed by atoms with E-state index in [4.69, 9.17) is 5.73 Å². The van der Waals surface area contributed by atoms with Crippen LogP contribution in [0.1, 0.15) is 15.9 Å². The Bertz CT molecular complexity index is 421. The summed E-state index contributed by atoms with van der Waals surface area (Å²) in [5.74, 6) is 1.20. The van der Waals surface area contributed by atoms with Crippen molar-refractivity contribution in [3.8, 4) is 0 Å². The third-order valence-electron chi connectivity index (χ3n) is 2.90. The first kappa shape index (κ1) is 12.3. The van der Waals surface area contributed by atoms with Crippen molar-refractivity contribution in [1.29, 1.82) is 0 Å². The van der Waals surface area contributed by atoms with E-state index in [9.17, 15) is 9.00 Å². The Kier molecular flexibility index (Phi) is 3.91. The zero-order valence-corrected chi connectivity index (χ0v) is 10.4. The molecule has 17 heavy (non-hydrogen) atoms. The van der Waals surface area contributed by atoms with Gasteiger partial charge in [-0.2, -0.15) is 0 Å². The molecule has 0 aromatic heterocycles. The van der Waals surface area contributed by atoms with Crippen molar-refractivity contribution in [2.45, 2.75) is 6.54 Å². The van der Waals surface area contributed by atoms with Crippen molar-refractivity contribution >= 4 is 16.7 Å². The second-order valence-electron chi connectivity index (χ2n) is 4.04. The predicted molar refractivity (Wildman–Crippen MR) is 68.1 cm³/mol. The van der Waals surface area contributed by atoms with E-state index in [1.165, 1.54) is 0 Å². The molecule has 1 heterocycles. The van der Waals surface area contributed by atoms with Crippen molar-refractivity contribution in [3.05, 3.63) is 35.4 Å². The maximum Gasteiger partial charge on any atom is 0.253 e. The van der Waals surface area contributed by atoms with Crippen LogP contribution in [0, 0.1) is 0 Å². The second-order valence-corrected chi connectivity index (χ2v) is 5.74. The Morgan fingerprint density at radius 1 is 1.24 bits per heavy atom. The molecule has 1 aromatic rings. The highest BCUT2D eigenvalue weighted by atomic mass is 32.2. The first-order valence-electron chi connectivity index (χ1n) is 5.64. The van der Waals surface area contributed by atoms with E-state index in [0.717, 1.165) is 5.56 Å². The monoisotopic (exact) mass is 252 g/mol. The van der Waals surface area contributed by atoms with Crippen LogP contribution in [0.4, 0.5) is 0 Å². The lowest BCUT2D eigenvalue weighted by Gasteiger charge is -2.26. The largest absolute Gasteiger partial charge is 0.337 e. The number of hydrogen-bond donors (Lipinski definition) is 1. The van der Waals surface area contributed by atoms with Gasteiger partial charge in [0.25, 0.3) is 5.91 Å².